The zero-order valence-corrected chi connectivity index (χ0v) is 9.59. The third kappa shape index (κ3) is 3.50. The molecule has 0 aliphatic heterocycles. The Morgan fingerprint density at radius 2 is 2.13 bits per heavy atom. The van der Waals surface area contributed by atoms with Crippen molar-refractivity contribution in [2.45, 2.75) is 19.9 Å². The molecule has 0 aromatic heterocycles. The van der Waals surface area contributed by atoms with Crippen molar-refractivity contribution in [2.75, 3.05) is 13.1 Å². The lowest BCUT2D eigenvalue weighted by molar-refractivity contribution is 0.567. The summed E-state index contributed by atoms with van der Waals surface area (Å²) in [6.07, 6.45) is 0. The van der Waals surface area contributed by atoms with Crippen LogP contribution in [-0.2, 0) is 0 Å². The van der Waals surface area contributed by atoms with Gasteiger partial charge in [0.25, 0.3) is 0 Å². The van der Waals surface area contributed by atoms with Crippen molar-refractivity contribution < 1.29 is 0 Å². The van der Waals surface area contributed by atoms with Crippen LogP contribution in [0.3, 0.4) is 0 Å². The van der Waals surface area contributed by atoms with E-state index in [1.165, 1.54) is 11.1 Å². The third-order valence-corrected chi connectivity index (χ3v) is 2.45. The van der Waals surface area contributed by atoms with Crippen LogP contribution in [0.4, 0.5) is 0 Å². The Bertz CT molecular complexity index is 331. The lowest BCUT2D eigenvalue weighted by atomic mass is 10.0. The van der Waals surface area contributed by atoms with Crippen LogP contribution in [0, 0.1) is 6.92 Å². The third-order valence-electron chi connectivity index (χ3n) is 2.45. The molecule has 1 rings (SSSR count). The molecular weight excluding hydrogens is 184 g/mol. The fourth-order valence-electron chi connectivity index (χ4n) is 1.60. The Morgan fingerprint density at radius 1 is 1.47 bits per heavy atom. The van der Waals surface area contributed by atoms with Crippen LogP contribution in [0.1, 0.15) is 24.1 Å². The second-order valence-electron chi connectivity index (χ2n) is 3.98. The number of benzene rings is 1. The van der Waals surface area contributed by atoms with Gasteiger partial charge in [-0.1, -0.05) is 36.4 Å². The van der Waals surface area contributed by atoms with Crippen molar-refractivity contribution in [1.82, 2.24) is 5.32 Å². The van der Waals surface area contributed by atoms with E-state index < -0.39 is 0 Å². The highest BCUT2D eigenvalue weighted by Crippen LogP contribution is 2.16. The van der Waals surface area contributed by atoms with E-state index in [-0.39, 0.29) is 6.04 Å². The van der Waals surface area contributed by atoms with E-state index in [9.17, 15) is 0 Å². The summed E-state index contributed by atoms with van der Waals surface area (Å²) in [6.45, 7) is 9.42. The first-order valence-electron chi connectivity index (χ1n) is 5.28. The normalized spacial score (nSPS) is 12.5. The molecule has 1 aromatic carbocycles. The smallest absolute Gasteiger partial charge is 0.0449 e. The van der Waals surface area contributed by atoms with Crippen molar-refractivity contribution in [3.05, 3.63) is 47.5 Å². The molecule has 0 saturated carbocycles. The largest absolute Gasteiger partial charge is 0.329 e. The first kappa shape index (κ1) is 12.0. The van der Waals surface area contributed by atoms with Gasteiger partial charge in [-0.25, -0.2) is 0 Å². The molecule has 3 N–H and O–H groups in total. The molecule has 1 atom stereocenters. The van der Waals surface area contributed by atoms with E-state index in [0.29, 0.717) is 6.54 Å². The fourth-order valence-corrected chi connectivity index (χ4v) is 1.60. The molecule has 0 aliphatic rings. The average molecular weight is 204 g/mol. The molecule has 82 valence electrons. The Hall–Kier alpha value is -1.12. The van der Waals surface area contributed by atoms with Gasteiger partial charge in [-0.05, 0) is 25.0 Å². The topological polar surface area (TPSA) is 38.0 Å². The minimum Gasteiger partial charge on any atom is -0.329 e. The zero-order chi connectivity index (χ0) is 11.3. The zero-order valence-electron chi connectivity index (χ0n) is 9.59. The Labute approximate surface area is 92.2 Å². The van der Waals surface area contributed by atoms with E-state index in [1.807, 2.05) is 19.1 Å². The lowest BCUT2D eigenvalue weighted by Gasteiger charge is -2.19. The minimum atomic E-state index is 0.225. The SMILES string of the molecule is C=C(C)CNC(CN)c1ccccc1C. The van der Waals surface area contributed by atoms with Crippen molar-refractivity contribution in [3.63, 3.8) is 0 Å². The van der Waals surface area contributed by atoms with Crippen LogP contribution in [0.2, 0.25) is 0 Å². The van der Waals surface area contributed by atoms with Crippen LogP contribution < -0.4 is 11.1 Å². The van der Waals surface area contributed by atoms with Crippen LogP contribution in [0.15, 0.2) is 36.4 Å². The summed E-state index contributed by atoms with van der Waals surface area (Å²) in [6, 6.07) is 8.56. The van der Waals surface area contributed by atoms with Gasteiger partial charge in [-0.2, -0.15) is 0 Å². The Balaban J connectivity index is 2.74. The van der Waals surface area contributed by atoms with Gasteiger partial charge in [0, 0.05) is 19.1 Å². The molecule has 2 heteroatoms. The molecule has 0 amide bonds. The van der Waals surface area contributed by atoms with Gasteiger partial charge in [0.2, 0.25) is 0 Å². The average Bonchev–Trinajstić information content (AvgIpc) is 2.21. The quantitative estimate of drug-likeness (QED) is 0.721. The first-order valence-corrected chi connectivity index (χ1v) is 5.28. The molecule has 2 nitrogen and oxygen atoms in total. The predicted molar refractivity (Wildman–Crippen MR) is 65.8 cm³/mol. The Kier molecular flexibility index (Phi) is 4.53. The van der Waals surface area contributed by atoms with Crippen LogP contribution in [0.25, 0.3) is 0 Å². The van der Waals surface area contributed by atoms with Gasteiger partial charge in [0.1, 0.15) is 0 Å². The number of rotatable bonds is 5. The summed E-state index contributed by atoms with van der Waals surface area (Å²) in [5.74, 6) is 0. The number of nitrogens with one attached hydrogen (secondary N) is 1. The summed E-state index contributed by atoms with van der Waals surface area (Å²) in [5, 5.41) is 3.40. The second kappa shape index (κ2) is 5.69. The lowest BCUT2D eigenvalue weighted by Crippen LogP contribution is -2.29. The van der Waals surface area contributed by atoms with Gasteiger partial charge in [-0.3, -0.25) is 0 Å². The predicted octanol–water partition coefficient (Wildman–Crippen LogP) is 2.16. The minimum absolute atomic E-state index is 0.225. The van der Waals surface area contributed by atoms with Crippen LogP contribution >= 0.6 is 0 Å². The highest BCUT2D eigenvalue weighted by molar-refractivity contribution is 5.29. The second-order valence-corrected chi connectivity index (χ2v) is 3.98. The summed E-state index contributed by atoms with van der Waals surface area (Å²) in [4.78, 5) is 0. The molecular formula is C13H20N2. The maximum atomic E-state index is 5.77. The summed E-state index contributed by atoms with van der Waals surface area (Å²) < 4.78 is 0. The van der Waals surface area contributed by atoms with E-state index in [4.69, 9.17) is 5.73 Å². The number of nitrogens with two attached hydrogens (primary N) is 1. The molecule has 0 saturated heterocycles. The Morgan fingerprint density at radius 3 is 2.67 bits per heavy atom. The van der Waals surface area contributed by atoms with Crippen molar-refractivity contribution in [2.24, 2.45) is 5.73 Å². The van der Waals surface area contributed by atoms with Gasteiger partial charge in [-0.15, -0.1) is 0 Å². The number of hydrogen-bond acceptors (Lipinski definition) is 2. The van der Waals surface area contributed by atoms with E-state index in [2.05, 4.69) is 31.0 Å². The van der Waals surface area contributed by atoms with Gasteiger partial charge in [0.15, 0.2) is 0 Å². The highest BCUT2D eigenvalue weighted by atomic mass is 14.9. The summed E-state index contributed by atoms with van der Waals surface area (Å²) in [5.41, 5.74) is 9.45. The molecule has 0 heterocycles. The number of aryl methyl sites for hydroxylation is 1. The molecule has 0 aliphatic carbocycles. The molecule has 1 unspecified atom stereocenters. The monoisotopic (exact) mass is 204 g/mol. The molecule has 15 heavy (non-hydrogen) atoms. The van der Waals surface area contributed by atoms with Gasteiger partial charge < -0.3 is 11.1 Å². The maximum Gasteiger partial charge on any atom is 0.0449 e. The van der Waals surface area contributed by atoms with Crippen molar-refractivity contribution >= 4 is 0 Å². The van der Waals surface area contributed by atoms with Gasteiger partial charge >= 0.3 is 0 Å². The standard InChI is InChI=1S/C13H20N2/c1-10(2)9-15-13(8-14)12-7-5-4-6-11(12)3/h4-7,13,15H,1,8-9,14H2,2-3H3. The summed E-state index contributed by atoms with van der Waals surface area (Å²) in [7, 11) is 0. The van der Waals surface area contributed by atoms with E-state index >= 15 is 0 Å². The number of hydrogen-bond donors (Lipinski definition) is 2. The molecule has 0 fully saturated rings. The van der Waals surface area contributed by atoms with Crippen LogP contribution in [0.5, 0.6) is 0 Å². The van der Waals surface area contributed by atoms with Crippen molar-refractivity contribution in [1.29, 1.82) is 0 Å². The van der Waals surface area contributed by atoms with E-state index in [1.54, 1.807) is 0 Å². The molecule has 0 radical (unpaired) electrons. The fraction of sp³-hybridized carbons (Fsp3) is 0.385. The summed E-state index contributed by atoms with van der Waals surface area (Å²) >= 11 is 0. The maximum absolute atomic E-state index is 5.77. The molecule has 1 aromatic rings. The molecule has 0 bridgehead atoms. The first-order chi connectivity index (χ1) is 7.15. The van der Waals surface area contributed by atoms with E-state index in [0.717, 1.165) is 12.1 Å². The van der Waals surface area contributed by atoms with Gasteiger partial charge in [0.05, 0.1) is 0 Å². The van der Waals surface area contributed by atoms with Crippen LogP contribution in [-0.4, -0.2) is 13.1 Å². The molecule has 0 spiro atoms. The van der Waals surface area contributed by atoms with Crippen molar-refractivity contribution in [3.8, 4) is 0 Å². The highest BCUT2D eigenvalue weighted by Gasteiger charge is 2.10.